The van der Waals surface area contributed by atoms with Crippen LogP contribution in [0.5, 0.6) is 0 Å². The second kappa shape index (κ2) is 11.8. The molecule has 1 unspecified atom stereocenters. The third kappa shape index (κ3) is 9.02. The molecular weight excluding hydrogens is 254 g/mol. The van der Waals surface area contributed by atoms with Gasteiger partial charge in [-0.05, 0) is 25.0 Å². The van der Waals surface area contributed by atoms with Crippen molar-refractivity contribution >= 4 is 0 Å². The van der Waals surface area contributed by atoms with Crippen LogP contribution in [0.25, 0.3) is 0 Å². The maximum Gasteiger partial charge on any atom is 0.0887 e. The highest BCUT2D eigenvalue weighted by molar-refractivity contribution is 5.01. The Labute approximate surface area is 122 Å². The fourth-order valence-electron chi connectivity index (χ4n) is 1.81. The Morgan fingerprint density at radius 3 is 2.80 bits per heavy atom. The van der Waals surface area contributed by atoms with Crippen molar-refractivity contribution in [3.05, 3.63) is 30.1 Å². The number of pyridine rings is 1. The number of aromatic nitrogens is 1. The van der Waals surface area contributed by atoms with E-state index in [0.717, 1.165) is 18.7 Å². The van der Waals surface area contributed by atoms with E-state index in [2.05, 4.69) is 11.9 Å². The molecule has 0 aromatic carbocycles. The monoisotopic (exact) mass is 281 g/mol. The first-order chi connectivity index (χ1) is 9.83. The predicted octanol–water partition coefficient (Wildman–Crippen LogP) is 2.95. The molecule has 0 saturated heterocycles. The largest absolute Gasteiger partial charge is 0.391 e. The van der Waals surface area contributed by atoms with Gasteiger partial charge in [-0.1, -0.05) is 32.3 Å². The van der Waals surface area contributed by atoms with E-state index in [-0.39, 0.29) is 0 Å². The second-order valence-electron chi connectivity index (χ2n) is 4.95. The zero-order chi connectivity index (χ0) is 14.5. The van der Waals surface area contributed by atoms with E-state index in [9.17, 15) is 5.11 Å². The normalized spacial score (nSPS) is 12.5. The van der Waals surface area contributed by atoms with Crippen molar-refractivity contribution in [1.82, 2.24) is 4.98 Å². The van der Waals surface area contributed by atoms with Gasteiger partial charge in [-0.25, -0.2) is 0 Å². The van der Waals surface area contributed by atoms with Crippen LogP contribution < -0.4 is 0 Å². The first-order valence-corrected chi connectivity index (χ1v) is 7.56. The molecule has 4 heteroatoms. The van der Waals surface area contributed by atoms with Gasteiger partial charge in [0.1, 0.15) is 0 Å². The fraction of sp³-hybridized carbons (Fsp3) is 0.688. The molecule has 0 spiro atoms. The van der Waals surface area contributed by atoms with E-state index in [0.29, 0.717) is 26.2 Å². The van der Waals surface area contributed by atoms with Crippen LogP contribution >= 0.6 is 0 Å². The van der Waals surface area contributed by atoms with E-state index in [4.69, 9.17) is 9.47 Å². The fourth-order valence-corrected chi connectivity index (χ4v) is 1.81. The van der Waals surface area contributed by atoms with Crippen LogP contribution in [0.15, 0.2) is 24.4 Å². The molecule has 0 fully saturated rings. The van der Waals surface area contributed by atoms with Crippen molar-refractivity contribution in [1.29, 1.82) is 0 Å². The van der Waals surface area contributed by atoms with E-state index < -0.39 is 6.10 Å². The van der Waals surface area contributed by atoms with E-state index in [1.54, 1.807) is 6.20 Å². The molecule has 1 heterocycles. The molecule has 20 heavy (non-hydrogen) atoms. The SMILES string of the molecule is CCCCCCOCC(O)CCOCc1ccccn1. The Morgan fingerprint density at radius 1 is 1.15 bits per heavy atom. The van der Waals surface area contributed by atoms with Crippen LogP contribution in [0, 0.1) is 0 Å². The quantitative estimate of drug-likeness (QED) is 0.598. The van der Waals surface area contributed by atoms with E-state index >= 15 is 0 Å². The van der Waals surface area contributed by atoms with Crippen molar-refractivity contribution in [2.24, 2.45) is 0 Å². The highest BCUT2D eigenvalue weighted by atomic mass is 16.5. The number of nitrogens with zero attached hydrogens (tertiary/aromatic N) is 1. The molecule has 1 atom stereocenters. The van der Waals surface area contributed by atoms with Crippen LogP contribution in [0.4, 0.5) is 0 Å². The molecule has 1 aromatic heterocycles. The molecule has 1 aromatic rings. The minimum absolute atomic E-state index is 0.402. The van der Waals surface area contributed by atoms with E-state index in [1.807, 2.05) is 18.2 Å². The summed E-state index contributed by atoms with van der Waals surface area (Å²) in [4.78, 5) is 4.17. The van der Waals surface area contributed by atoms with Crippen LogP contribution in [0.1, 0.15) is 44.7 Å². The Kier molecular flexibility index (Phi) is 10.1. The molecule has 4 nitrogen and oxygen atoms in total. The molecule has 1 N–H and O–H groups in total. The lowest BCUT2D eigenvalue weighted by Crippen LogP contribution is -2.18. The zero-order valence-corrected chi connectivity index (χ0v) is 12.5. The summed E-state index contributed by atoms with van der Waals surface area (Å²) in [6.45, 7) is 4.35. The molecule has 0 radical (unpaired) electrons. The van der Waals surface area contributed by atoms with Crippen LogP contribution in [-0.4, -0.2) is 36.0 Å². The Morgan fingerprint density at radius 2 is 2.05 bits per heavy atom. The summed E-state index contributed by atoms with van der Waals surface area (Å²) in [5, 5.41) is 9.73. The molecule has 0 aliphatic heterocycles. The Bertz CT molecular complexity index is 319. The van der Waals surface area contributed by atoms with Crippen molar-refractivity contribution in [2.75, 3.05) is 19.8 Å². The third-order valence-corrected chi connectivity index (χ3v) is 3.02. The van der Waals surface area contributed by atoms with Crippen LogP contribution in [-0.2, 0) is 16.1 Å². The number of ether oxygens (including phenoxy) is 2. The van der Waals surface area contributed by atoms with Gasteiger partial charge in [-0.2, -0.15) is 0 Å². The van der Waals surface area contributed by atoms with Gasteiger partial charge in [0.05, 0.1) is 25.0 Å². The lowest BCUT2D eigenvalue weighted by Gasteiger charge is -2.11. The first-order valence-electron chi connectivity index (χ1n) is 7.56. The van der Waals surface area contributed by atoms with Gasteiger partial charge in [0.2, 0.25) is 0 Å². The van der Waals surface area contributed by atoms with Gasteiger partial charge in [0.25, 0.3) is 0 Å². The topological polar surface area (TPSA) is 51.6 Å². The third-order valence-electron chi connectivity index (χ3n) is 3.02. The summed E-state index contributed by atoms with van der Waals surface area (Å²) in [6, 6.07) is 5.74. The Hall–Kier alpha value is -0.970. The number of aliphatic hydroxyl groups is 1. The minimum Gasteiger partial charge on any atom is -0.391 e. The number of aliphatic hydroxyl groups excluding tert-OH is 1. The number of unbranched alkanes of at least 4 members (excludes halogenated alkanes) is 3. The summed E-state index contributed by atoms with van der Waals surface area (Å²) < 4.78 is 10.9. The zero-order valence-electron chi connectivity index (χ0n) is 12.5. The standard InChI is InChI=1S/C16H27NO3/c1-2-3-4-7-11-19-14-16(18)9-12-20-13-15-8-5-6-10-17-15/h5-6,8,10,16,18H,2-4,7,9,11-14H2,1H3. The number of rotatable bonds is 12. The van der Waals surface area contributed by atoms with Gasteiger partial charge < -0.3 is 14.6 Å². The first kappa shape index (κ1) is 17.1. The van der Waals surface area contributed by atoms with Gasteiger partial charge in [-0.15, -0.1) is 0 Å². The number of hydrogen-bond acceptors (Lipinski definition) is 4. The van der Waals surface area contributed by atoms with Crippen molar-refractivity contribution in [2.45, 2.75) is 51.7 Å². The molecular formula is C16H27NO3. The molecule has 0 amide bonds. The van der Waals surface area contributed by atoms with Crippen molar-refractivity contribution < 1.29 is 14.6 Å². The lowest BCUT2D eigenvalue weighted by molar-refractivity contribution is 0.00974. The highest BCUT2D eigenvalue weighted by Gasteiger charge is 2.04. The van der Waals surface area contributed by atoms with E-state index in [1.165, 1.54) is 19.3 Å². The molecule has 1 rings (SSSR count). The smallest absolute Gasteiger partial charge is 0.0887 e. The highest BCUT2D eigenvalue weighted by Crippen LogP contribution is 2.01. The van der Waals surface area contributed by atoms with Gasteiger partial charge in [0.15, 0.2) is 0 Å². The van der Waals surface area contributed by atoms with Crippen molar-refractivity contribution in [3.63, 3.8) is 0 Å². The summed E-state index contributed by atoms with van der Waals surface area (Å²) in [5.41, 5.74) is 0.911. The molecule has 0 aliphatic rings. The van der Waals surface area contributed by atoms with Crippen molar-refractivity contribution in [3.8, 4) is 0 Å². The van der Waals surface area contributed by atoms with Gasteiger partial charge in [-0.3, -0.25) is 4.98 Å². The summed E-state index contributed by atoms with van der Waals surface area (Å²) >= 11 is 0. The molecule has 114 valence electrons. The summed E-state index contributed by atoms with van der Waals surface area (Å²) in [6.07, 6.45) is 6.69. The van der Waals surface area contributed by atoms with Gasteiger partial charge in [0, 0.05) is 19.4 Å². The molecule has 0 aliphatic carbocycles. The minimum atomic E-state index is -0.440. The predicted molar refractivity (Wildman–Crippen MR) is 79.5 cm³/mol. The van der Waals surface area contributed by atoms with Crippen LogP contribution in [0.3, 0.4) is 0 Å². The average molecular weight is 281 g/mol. The van der Waals surface area contributed by atoms with Crippen LogP contribution in [0.2, 0.25) is 0 Å². The number of hydrogen-bond donors (Lipinski definition) is 1. The second-order valence-corrected chi connectivity index (χ2v) is 4.95. The van der Waals surface area contributed by atoms with Gasteiger partial charge >= 0.3 is 0 Å². The molecule has 0 bridgehead atoms. The average Bonchev–Trinajstić information content (AvgIpc) is 2.48. The lowest BCUT2D eigenvalue weighted by atomic mass is 10.2. The summed E-state index contributed by atoms with van der Waals surface area (Å²) in [5.74, 6) is 0. The summed E-state index contributed by atoms with van der Waals surface area (Å²) in [7, 11) is 0. The maximum atomic E-state index is 9.73. The maximum absolute atomic E-state index is 9.73. The molecule has 0 saturated carbocycles. The Balaban J connectivity index is 1.91.